The van der Waals surface area contributed by atoms with Crippen LogP contribution < -0.4 is 26.3 Å². The number of thiocarbonyl (C=S) groups is 1. The summed E-state index contributed by atoms with van der Waals surface area (Å²) in [6.07, 6.45) is -4.29. The molecule has 33 heavy (non-hydrogen) atoms. The minimum atomic E-state index is -2.81. The lowest BCUT2D eigenvalue weighted by Crippen LogP contribution is -2.36. The lowest BCUT2D eigenvalue weighted by Gasteiger charge is -2.15. The molecule has 1 aliphatic rings. The Morgan fingerprint density at radius 2 is 1.88 bits per heavy atom. The molecule has 0 radical (unpaired) electrons. The number of halogens is 3. The number of nitrogens with zero attached hydrogens (tertiary/aromatic N) is 1. The second-order valence-electron chi connectivity index (χ2n) is 7.03. The highest BCUT2D eigenvalue weighted by Crippen LogP contribution is 2.27. The first-order chi connectivity index (χ1) is 15.6. The number of cyclic esters (lactones) is 1. The predicted molar refractivity (Wildman–Crippen MR) is 121 cm³/mol. The van der Waals surface area contributed by atoms with Gasteiger partial charge in [0.25, 0.3) is 6.43 Å². The molecule has 1 aliphatic heterocycles. The zero-order valence-electron chi connectivity index (χ0n) is 17.2. The number of hydrogen-bond donors (Lipinski definition) is 3. The Morgan fingerprint density at radius 3 is 2.55 bits per heavy atom. The third kappa shape index (κ3) is 6.19. The van der Waals surface area contributed by atoms with E-state index < -0.39 is 40.8 Å². The molecule has 0 saturated carbocycles. The van der Waals surface area contributed by atoms with Crippen LogP contribution >= 0.6 is 12.2 Å². The number of alkyl halides is 2. The topological polar surface area (TPSA) is 99.8 Å². The third-order valence-corrected chi connectivity index (χ3v) is 4.86. The molecule has 0 unspecified atom stereocenters. The monoisotopic (exact) mass is 480 g/mol. The summed E-state index contributed by atoms with van der Waals surface area (Å²) in [5.41, 5.74) is 0.344. The largest absolute Gasteiger partial charge is 0.442 e. The Balaban J connectivity index is 1.70. The Hall–Kier alpha value is -3.67. The summed E-state index contributed by atoms with van der Waals surface area (Å²) < 4.78 is 44.8. The van der Waals surface area contributed by atoms with Crippen molar-refractivity contribution in [2.45, 2.75) is 19.5 Å². The highest BCUT2D eigenvalue weighted by Gasteiger charge is 2.33. The van der Waals surface area contributed by atoms with E-state index in [0.717, 1.165) is 6.07 Å². The quantitative estimate of drug-likeness (QED) is 0.523. The standard InChI is InChI=1S/C21H19F3N4O4S/c1-11(29)26-17-5-2-12(3-7-18(17)30)27-16-6-4-13(8-15(16)22)28-10-14(32-21(28)31)9-25-20(33)19(23)24/h2-8,14,19,27H,9-10H2,1H3,(H,25,33)(H,26,29,30)/t14-/m0/s1. The first-order valence-electron chi connectivity index (χ1n) is 9.66. The summed E-state index contributed by atoms with van der Waals surface area (Å²) in [6, 6.07) is 9.56. The molecule has 1 atom stereocenters. The van der Waals surface area contributed by atoms with Crippen molar-refractivity contribution in [3.8, 4) is 0 Å². The van der Waals surface area contributed by atoms with Crippen molar-refractivity contribution in [1.82, 2.24) is 5.32 Å². The van der Waals surface area contributed by atoms with Gasteiger partial charge >= 0.3 is 6.09 Å². The van der Waals surface area contributed by atoms with Crippen LogP contribution in [0.15, 0.2) is 47.3 Å². The van der Waals surface area contributed by atoms with Crippen molar-refractivity contribution in [3.05, 3.63) is 58.5 Å². The maximum atomic E-state index is 14.7. The number of ether oxygens (including phenoxy) is 1. The molecule has 0 aromatic heterocycles. The van der Waals surface area contributed by atoms with E-state index >= 15 is 0 Å². The molecule has 0 spiro atoms. The Labute approximate surface area is 191 Å². The SMILES string of the molecule is CC(=O)Nc1ccc(Nc2ccc(N3C[C@H](CNC(=S)C(F)F)OC3=O)cc2F)ccc1=O. The molecule has 174 valence electrons. The lowest BCUT2D eigenvalue weighted by molar-refractivity contribution is -0.114. The summed E-state index contributed by atoms with van der Waals surface area (Å²) in [6.45, 7) is 1.20. The van der Waals surface area contributed by atoms with Gasteiger partial charge in [-0.2, -0.15) is 0 Å². The van der Waals surface area contributed by atoms with E-state index in [0.29, 0.717) is 5.69 Å². The maximum Gasteiger partial charge on any atom is 0.414 e. The number of amides is 2. The molecule has 3 rings (SSSR count). The van der Waals surface area contributed by atoms with Crippen LogP contribution in [0.3, 0.4) is 0 Å². The van der Waals surface area contributed by atoms with E-state index in [2.05, 4.69) is 28.2 Å². The van der Waals surface area contributed by atoms with E-state index in [4.69, 9.17) is 4.74 Å². The number of benzene rings is 1. The molecule has 12 heteroatoms. The van der Waals surface area contributed by atoms with Gasteiger partial charge in [-0.05, 0) is 42.5 Å². The average molecular weight is 480 g/mol. The summed E-state index contributed by atoms with van der Waals surface area (Å²) in [7, 11) is 0. The van der Waals surface area contributed by atoms with Gasteiger partial charge in [-0.3, -0.25) is 14.5 Å². The van der Waals surface area contributed by atoms with E-state index in [1.165, 1.54) is 48.2 Å². The minimum Gasteiger partial charge on any atom is -0.442 e. The van der Waals surface area contributed by atoms with Gasteiger partial charge in [-0.25, -0.2) is 18.0 Å². The van der Waals surface area contributed by atoms with E-state index in [1.807, 2.05) is 0 Å². The molecule has 3 N–H and O–H groups in total. The lowest BCUT2D eigenvalue weighted by atomic mass is 10.2. The number of carbonyl (C=O) groups excluding carboxylic acids is 2. The van der Waals surface area contributed by atoms with Crippen LogP contribution in [-0.4, -0.2) is 42.6 Å². The summed E-state index contributed by atoms with van der Waals surface area (Å²) in [5, 5.41) is 7.57. The molecule has 2 aromatic carbocycles. The zero-order valence-corrected chi connectivity index (χ0v) is 18.0. The van der Waals surface area contributed by atoms with Crippen molar-refractivity contribution >= 4 is 52.0 Å². The van der Waals surface area contributed by atoms with Crippen molar-refractivity contribution in [2.24, 2.45) is 0 Å². The molecular formula is C21H19F3N4O4S. The molecule has 1 fully saturated rings. The van der Waals surface area contributed by atoms with Crippen molar-refractivity contribution in [3.63, 3.8) is 0 Å². The Kier molecular flexibility index (Phi) is 7.48. The van der Waals surface area contributed by atoms with E-state index in [1.54, 1.807) is 0 Å². The predicted octanol–water partition coefficient (Wildman–Crippen LogP) is 3.40. The summed E-state index contributed by atoms with van der Waals surface area (Å²) >= 11 is 4.48. The van der Waals surface area contributed by atoms with Gasteiger partial charge in [-0.1, -0.05) is 12.2 Å². The maximum absolute atomic E-state index is 14.7. The zero-order chi connectivity index (χ0) is 24.1. The molecule has 8 nitrogen and oxygen atoms in total. The van der Waals surface area contributed by atoms with Gasteiger partial charge in [0.1, 0.15) is 16.9 Å². The number of nitrogens with one attached hydrogen (secondary N) is 3. The van der Waals surface area contributed by atoms with Gasteiger partial charge in [-0.15, -0.1) is 0 Å². The second kappa shape index (κ2) is 10.3. The number of hydrogen-bond acceptors (Lipinski definition) is 6. The molecular weight excluding hydrogens is 461 g/mol. The molecule has 1 heterocycles. The number of rotatable bonds is 7. The fourth-order valence-electron chi connectivity index (χ4n) is 3.00. The van der Waals surface area contributed by atoms with Crippen molar-refractivity contribution in [2.75, 3.05) is 28.6 Å². The number of anilines is 4. The smallest absolute Gasteiger partial charge is 0.414 e. The minimum absolute atomic E-state index is 0.0244. The Morgan fingerprint density at radius 1 is 1.18 bits per heavy atom. The average Bonchev–Trinajstić information content (AvgIpc) is 3.04. The van der Waals surface area contributed by atoms with Gasteiger partial charge in [0.05, 0.1) is 30.2 Å². The van der Waals surface area contributed by atoms with Gasteiger partial charge in [0.15, 0.2) is 0 Å². The van der Waals surface area contributed by atoms with Gasteiger partial charge in [0, 0.05) is 12.6 Å². The van der Waals surface area contributed by atoms with Crippen LogP contribution in [0.5, 0.6) is 0 Å². The van der Waals surface area contributed by atoms with Gasteiger partial charge < -0.3 is 20.7 Å². The van der Waals surface area contributed by atoms with Crippen LogP contribution in [0.2, 0.25) is 0 Å². The molecule has 0 bridgehead atoms. The molecule has 0 aliphatic carbocycles. The first kappa shape index (κ1) is 24.0. The highest BCUT2D eigenvalue weighted by atomic mass is 32.1. The van der Waals surface area contributed by atoms with E-state index in [9.17, 15) is 27.6 Å². The molecule has 2 aromatic rings. The summed E-state index contributed by atoms with van der Waals surface area (Å²) in [5.74, 6) is -1.08. The molecule has 2 amide bonds. The highest BCUT2D eigenvalue weighted by molar-refractivity contribution is 7.80. The fraction of sp³-hybridized carbons (Fsp3) is 0.238. The van der Waals surface area contributed by atoms with Crippen molar-refractivity contribution in [1.29, 1.82) is 0 Å². The third-order valence-electron chi connectivity index (χ3n) is 4.54. The van der Waals surface area contributed by atoms with Crippen LogP contribution in [0.4, 0.5) is 40.7 Å². The second-order valence-corrected chi connectivity index (χ2v) is 7.47. The van der Waals surface area contributed by atoms with Crippen LogP contribution in [0.1, 0.15) is 6.92 Å². The van der Waals surface area contributed by atoms with Crippen LogP contribution in [0.25, 0.3) is 0 Å². The number of carbonyl (C=O) groups is 2. The van der Waals surface area contributed by atoms with Crippen LogP contribution in [0, 0.1) is 5.82 Å². The normalized spacial score (nSPS) is 15.2. The summed E-state index contributed by atoms with van der Waals surface area (Å²) in [4.78, 5) is 35.8. The Bertz CT molecular complexity index is 1150. The first-order valence-corrected chi connectivity index (χ1v) is 10.1. The van der Waals surface area contributed by atoms with Crippen molar-refractivity contribution < 1.29 is 27.5 Å². The van der Waals surface area contributed by atoms with Gasteiger partial charge in [0.2, 0.25) is 11.3 Å². The van der Waals surface area contributed by atoms with Crippen LogP contribution in [-0.2, 0) is 9.53 Å². The molecule has 1 saturated heterocycles. The fourth-order valence-corrected chi connectivity index (χ4v) is 3.08. The van der Waals surface area contributed by atoms with E-state index in [-0.39, 0.29) is 30.2 Å².